The van der Waals surface area contributed by atoms with Gasteiger partial charge in [-0.3, -0.25) is 9.59 Å². The third kappa shape index (κ3) is 2.48. The Hall–Kier alpha value is -2.03. The van der Waals surface area contributed by atoms with E-state index in [1.54, 1.807) is 13.0 Å². The van der Waals surface area contributed by atoms with Crippen molar-refractivity contribution < 1.29 is 38.4 Å². The minimum atomic E-state index is -1.42. The van der Waals surface area contributed by atoms with E-state index in [2.05, 4.69) is 6.92 Å². The smallest absolute Gasteiger partial charge is 0.333 e. The van der Waals surface area contributed by atoms with Crippen LogP contribution >= 0.6 is 0 Å². The van der Waals surface area contributed by atoms with E-state index in [1.807, 2.05) is 26.8 Å². The van der Waals surface area contributed by atoms with Crippen molar-refractivity contribution in [2.45, 2.75) is 115 Å². The lowest BCUT2D eigenvalue weighted by Crippen LogP contribution is -2.71. The highest BCUT2D eigenvalue weighted by atomic mass is 16.7. The molecule has 0 bridgehead atoms. The minimum absolute atomic E-state index is 0.0615. The normalized spacial score (nSPS) is 54.6. The molecule has 0 aromatic rings. The van der Waals surface area contributed by atoms with E-state index in [4.69, 9.17) is 18.9 Å². The van der Waals surface area contributed by atoms with E-state index < -0.39 is 51.9 Å². The molecule has 206 valence electrons. The monoisotopic (exact) mass is 526 g/mol. The molecule has 8 nitrogen and oxygen atoms in total. The van der Waals surface area contributed by atoms with Gasteiger partial charge in [-0.15, -0.1) is 0 Å². The quantitative estimate of drug-likeness (QED) is 0.441. The van der Waals surface area contributed by atoms with Gasteiger partial charge >= 0.3 is 11.9 Å². The van der Waals surface area contributed by atoms with E-state index in [-0.39, 0.29) is 35.6 Å². The molecule has 4 aliphatic carbocycles. The number of hydrogen-bond donors (Lipinski definition) is 1. The molecule has 8 heteroatoms. The van der Waals surface area contributed by atoms with Crippen molar-refractivity contribution in [3.8, 4) is 0 Å². The molecule has 0 amide bonds. The maximum atomic E-state index is 13.5. The zero-order valence-corrected chi connectivity index (χ0v) is 23.0. The lowest BCUT2D eigenvalue weighted by molar-refractivity contribution is -0.260. The summed E-state index contributed by atoms with van der Waals surface area (Å²) >= 11 is 0. The number of carbonyl (C=O) groups is 3. The molecule has 0 radical (unpaired) electrons. The summed E-state index contributed by atoms with van der Waals surface area (Å²) in [6, 6.07) is 0. The summed E-state index contributed by atoms with van der Waals surface area (Å²) in [6.45, 7) is 11.2. The first kappa shape index (κ1) is 25.0. The molecule has 2 saturated heterocycles. The van der Waals surface area contributed by atoms with Crippen LogP contribution in [0.15, 0.2) is 23.3 Å². The summed E-state index contributed by atoms with van der Waals surface area (Å²) in [4.78, 5) is 38.5. The fourth-order valence-electron chi connectivity index (χ4n) is 10.2. The lowest BCUT2D eigenvalue weighted by Gasteiger charge is -2.62. The molecule has 7 aliphatic rings. The molecule has 5 fully saturated rings. The fourth-order valence-corrected chi connectivity index (χ4v) is 10.2. The number of ketones is 1. The van der Waals surface area contributed by atoms with Crippen molar-refractivity contribution >= 4 is 17.7 Å². The van der Waals surface area contributed by atoms with Crippen LogP contribution in [0.4, 0.5) is 0 Å². The number of esters is 2. The van der Waals surface area contributed by atoms with E-state index in [0.717, 1.165) is 12.0 Å². The van der Waals surface area contributed by atoms with Gasteiger partial charge in [0.25, 0.3) is 0 Å². The largest absolute Gasteiger partial charge is 0.458 e. The number of fused-ring (bicyclic) bond motifs is 6. The van der Waals surface area contributed by atoms with Crippen molar-refractivity contribution in [1.29, 1.82) is 0 Å². The zero-order valence-electron chi connectivity index (χ0n) is 23.0. The Morgan fingerprint density at radius 1 is 1.18 bits per heavy atom. The Balaban J connectivity index is 1.32. The maximum Gasteiger partial charge on any atom is 0.333 e. The third-order valence-electron chi connectivity index (χ3n) is 12.5. The summed E-state index contributed by atoms with van der Waals surface area (Å²) in [7, 11) is 0. The molecule has 3 aliphatic heterocycles. The molecule has 1 spiro atoms. The van der Waals surface area contributed by atoms with Crippen molar-refractivity contribution in [2.75, 3.05) is 0 Å². The maximum absolute atomic E-state index is 13.5. The van der Waals surface area contributed by atoms with Crippen LogP contribution in [-0.2, 0) is 33.3 Å². The lowest BCUT2D eigenvalue weighted by atomic mass is 9.42. The summed E-state index contributed by atoms with van der Waals surface area (Å²) in [5.74, 6) is -1.37. The van der Waals surface area contributed by atoms with E-state index in [0.29, 0.717) is 31.3 Å². The van der Waals surface area contributed by atoms with Crippen molar-refractivity contribution in [2.24, 2.45) is 28.6 Å². The highest BCUT2D eigenvalue weighted by Gasteiger charge is 2.91. The van der Waals surface area contributed by atoms with Gasteiger partial charge in [0, 0.05) is 30.3 Å². The second kappa shape index (κ2) is 7.18. The van der Waals surface area contributed by atoms with Crippen LogP contribution in [-0.4, -0.2) is 64.0 Å². The van der Waals surface area contributed by atoms with Crippen LogP contribution in [0.25, 0.3) is 0 Å². The van der Waals surface area contributed by atoms with Gasteiger partial charge in [-0.1, -0.05) is 25.5 Å². The Bertz CT molecular complexity index is 1240. The molecular weight excluding hydrogens is 488 g/mol. The topological polar surface area (TPSA) is 115 Å². The van der Waals surface area contributed by atoms with Gasteiger partial charge in [0.05, 0.1) is 11.5 Å². The Labute approximate surface area is 223 Å². The van der Waals surface area contributed by atoms with Crippen LogP contribution in [0.1, 0.15) is 73.6 Å². The summed E-state index contributed by atoms with van der Waals surface area (Å²) < 4.78 is 24.7. The number of hydrogen-bond acceptors (Lipinski definition) is 8. The molecule has 3 saturated carbocycles. The van der Waals surface area contributed by atoms with Crippen LogP contribution in [0, 0.1) is 28.6 Å². The van der Waals surface area contributed by atoms with Gasteiger partial charge in [-0.25, -0.2) is 4.79 Å². The van der Waals surface area contributed by atoms with Crippen molar-refractivity contribution in [3.05, 3.63) is 23.3 Å². The number of allylic oxidation sites excluding steroid dienone is 1. The highest BCUT2D eigenvalue weighted by Crippen LogP contribution is 2.79. The van der Waals surface area contributed by atoms with E-state index >= 15 is 0 Å². The molecule has 0 aromatic heterocycles. The van der Waals surface area contributed by atoms with Gasteiger partial charge in [-0.2, -0.15) is 0 Å². The Morgan fingerprint density at radius 2 is 1.92 bits per heavy atom. The summed E-state index contributed by atoms with van der Waals surface area (Å²) in [5.41, 5.74) is -2.61. The first-order valence-corrected chi connectivity index (χ1v) is 14.1. The molecule has 0 aromatic carbocycles. The van der Waals surface area contributed by atoms with Gasteiger partial charge in [0.15, 0.2) is 11.9 Å². The minimum Gasteiger partial charge on any atom is -0.458 e. The standard InChI is InChI=1S/C30H38O8/c1-14-12-20(36-25(33)15(14)2)16(3)30-24(38-30)23(35-17(4)31)29(34)19-13-22-28(37-22)10-7-8-21(32)27(28,6)18(19)9-11-26(29,30)5/h7-8,16,18-20,22-24,34H,9-13H2,1-6H3/t16-,18+,19-,20-,22-,23+,24+,26+,27+,28-,29-,30+/m1/s1. The number of cyclic esters (lactones) is 1. The van der Waals surface area contributed by atoms with Crippen molar-refractivity contribution in [1.82, 2.24) is 0 Å². The van der Waals surface area contributed by atoms with Crippen LogP contribution in [0.2, 0.25) is 0 Å². The third-order valence-corrected chi connectivity index (χ3v) is 12.5. The van der Waals surface area contributed by atoms with Crippen LogP contribution in [0.5, 0.6) is 0 Å². The summed E-state index contributed by atoms with van der Waals surface area (Å²) in [6.07, 6.45) is 4.96. The first-order valence-electron chi connectivity index (χ1n) is 14.1. The Morgan fingerprint density at radius 3 is 2.61 bits per heavy atom. The molecule has 12 atom stereocenters. The second-order valence-electron chi connectivity index (χ2n) is 13.5. The van der Waals surface area contributed by atoms with Gasteiger partial charge in [0.1, 0.15) is 29.0 Å². The van der Waals surface area contributed by atoms with Gasteiger partial charge < -0.3 is 24.1 Å². The predicted molar refractivity (Wildman–Crippen MR) is 134 cm³/mol. The molecule has 0 unspecified atom stereocenters. The molecule has 7 rings (SSSR count). The number of epoxide rings is 2. The van der Waals surface area contributed by atoms with Gasteiger partial charge in [-0.05, 0) is 64.4 Å². The van der Waals surface area contributed by atoms with Crippen LogP contribution < -0.4 is 0 Å². The predicted octanol–water partition coefficient (Wildman–Crippen LogP) is 3.20. The van der Waals surface area contributed by atoms with Crippen LogP contribution in [0.3, 0.4) is 0 Å². The zero-order chi connectivity index (χ0) is 27.2. The highest BCUT2D eigenvalue weighted by molar-refractivity contribution is 5.97. The van der Waals surface area contributed by atoms with E-state index in [1.165, 1.54) is 6.92 Å². The average Bonchev–Trinajstić information content (AvgIpc) is 3.75. The number of rotatable bonds is 3. The number of ether oxygens (including phenoxy) is 4. The summed E-state index contributed by atoms with van der Waals surface area (Å²) in [5, 5.41) is 13.0. The molecule has 1 N–H and O–H groups in total. The fraction of sp³-hybridized carbons (Fsp3) is 0.767. The second-order valence-corrected chi connectivity index (χ2v) is 13.5. The number of carbonyl (C=O) groups excluding carboxylic acids is 3. The average molecular weight is 527 g/mol. The first-order chi connectivity index (χ1) is 17.8. The Kier molecular flexibility index (Phi) is 4.72. The molecule has 3 heterocycles. The van der Waals surface area contributed by atoms with Gasteiger partial charge in [0.2, 0.25) is 0 Å². The van der Waals surface area contributed by atoms with E-state index in [9.17, 15) is 19.5 Å². The molecule has 38 heavy (non-hydrogen) atoms. The SMILES string of the molecule is CC(=O)O[C@H]1[C@@H]2O[C@]2([C@H](C)[C@H]2CC(C)=C(C)C(=O)O2)[C@@]2(C)CC[C@H]3[C@@H](C[C@H]4O[C@]45CC=CC(=O)[C@]35C)[C@@]12O. The molecular formula is C30H38O8. The number of aliphatic hydroxyl groups is 1. The van der Waals surface area contributed by atoms with Crippen molar-refractivity contribution in [3.63, 3.8) is 0 Å².